The summed E-state index contributed by atoms with van der Waals surface area (Å²) in [5, 5.41) is 12.8. The van der Waals surface area contributed by atoms with Gasteiger partial charge in [0, 0.05) is 18.8 Å². The van der Waals surface area contributed by atoms with E-state index >= 15 is 0 Å². The number of phenols is 1. The quantitative estimate of drug-likeness (QED) is 0.864. The fourth-order valence-corrected chi connectivity index (χ4v) is 1.86. The van der Waals surface area contributed by atoms with E-state index in [1.165, 1.54) is 0 Å². The van der Waals surface area contributed by atoms with Crippen LogP contribution in [0.2, 0.25) is 0 Å². The highest BCUT2D eigenvalue weighted by Crippen LogP contribution is 2.26. The molecule has 0 aliphatic heterocycles. The molecule has 4 nitrogen and oxygen atoms in total. The van der Waals surface area contributed by atoms with Crippen LogP contribution in [0.3, 0.4) is 0 Å². The van der Waals surface area contributed by atoms with Gasteiger partial charge in [0.15, 0.2) is 11.5 Å². The van der Waals surface area contributed by atoms with Gasteiger partial charge in [-0.1, -0.05) is 12.1 Å². The van der Waals surface area contributed by atoms with Crippen molar-refractivity contribution in [2.24, 2.45) is 0 Å². The number of aromatic hydroxyl groups is 1. The van der Waals surface area contributed by atoms with Gasteiger partial charge in [0.2, 0.25) is 0 Å². The molecule has 0 fully saturated rings. The Morgan fingerprint density at radius 2 is 2.05 bits per heavy atom. The van der Waals surface area contributed by atoms with E-state index < -0.39 is 0 Å². The third kappa shape index (κ3) is 3.69. The van der Waals surface area contributed by atoms with Gasteiger partial charge in [-0.3, -0.25) is 4.98 Å². The van der Waals surface area contributed by atoms with Crippen molar-refractivity contribution in [2.45, 2.75) is 20.0 Å². The number of aryl methyl sites for hydroxylation is 1. The van der Waals surface area contributed by atoms with Gasteiger partial charge < -0.3 is 15.2 Å². The number of rotatable bonds is 5. The predicted octanol–water partition coefficient (Wildman–Crippen LogP) is 2.39. The largest absolute Gasteiger partial charge is 0.504 e. The molecule has 100 valence electrons. The summed E-state index contributed by atoms with van der Waals surface area (Å²) >= 11 is 0. The Morgan fingerprint density at radius 3 is 2.79 bits per heavy atom. The zero-order valence-corrected chi connectivity index (χ0v) is 11.2. The lowest BCUT2D eigenvalue weighted by molar-refractivity contribution is 0.372. The summed E-state index contributed by atoms with van der Waals surface area (Å²) in [6.07, 6.45) is 0. The molecule has 0 aliphatic rings. The first-order chi connectivity index (χ1) is 9.19. The van der Waals surface area contributed by atoms with Gasteiger partial charge in [-0.25, -0.2) is 0 Å². The van der Waals surface area contributed by atoms with Crippen LogP contribution in [0.25, 0.3) is 0 Å². The van der Waals surface area contributed by atoms with Crippen LogP contribution in [-0.2, 0) is 13.1 Å². The van der Waals surface area contributed by atoms with Crippen molar-refractivity contribution in [1.29, 1.82) is 0 Å². The van der Waals surface area contributed by atoms with E-state index in [1.54, 1.807) is 13.2 Å². The minimum Gasteiger partial charge on any atom is -0.504 e. The summed E-state index contributed by atoms with van der Waals surface area (Å²) in [5.41, 5.74) is 3.10. The molecule has 2 N–H and O–H groups in total. The summed E-state index contributed by atoms with van der Waals surface area (Å²) in [6.45, 7) is 3.39. The number of pyridine rings is 1. The highest BCUT2D eigenvalue weighted by Gasteiger charge is 2.02. The van der Waals surface area contributed by atoms with Crippen molar-refractivity contribution in [3.05, 3.63) is 53.3 Å². The number of hydrogen-bond acceptors (Lipinski definition) is 4. The van der Waals surface area contributed by atoms with Crippen LogP contribution in [0.15, 0.2) is 36.4 Å². The Bertz CT molecular complexity index is 556. The summed E-state index contributed by atoms with van der Waals surface area (Å²) in [6, 6.07) is 11.3. The Balaban J connectivity index is 1.92. The van der Waals surface area contributed by atoms with E-state index in [1.807, 2.05) is 37.3 Å². The van der Waals surface area contributed by atoms with Crippen LogP contribution in [0.5, 0.6) is 11.5 Å². The number of methoxy groups -OCH3 is 1. The molecule has 1 aromatic heterocycles. The van der Waals surface area contributed by atoms with Crippen molar-refractivity contribution in [1.82, 2.24) is 10.3 Å². The zero-order valence-electron chi connectivity index (χ0n) is 11.2. The number of benzene rings is 1. The van der Waals surface area contributed by atoms with Crippen LogP contribution in [0, 0.1) is 6.92 Å². The molecule has 1 aromatic carbocycles. The summed E-state index contributed by atoms with van der Waals surface area (Å²) in [5.74, 6) is 0.652. The molecule has 0 spiro atoms. The standard InChI is InChI=1S/C15H18N2O2/c1-11-4-3-5-13(17-11)10-16-9-12-6-7-14(18)15(8-12)19-2/h3-8,16,18H,9-10H2,1-2H3. The highest BCUT2D eigenvalue weighted by molar-refractivity contribution is 5.41. The molecule has 0 amide bonds. The SMILES string of the molecule is COc1cc(CNCc2cccc(C)n2)ccc1O. The van der Waals surface area contributed by atoms with E-state index in [4.69, 9.17) is 4.74 Å². The molecule has 2 rings (SSSR count). The van der Waals surface area contributed by atoms with Crippen LogP contribution in [0.4, 0.5) is 0 Å². The third-order valence-corrected chi connectivity index (χ3v) is 2.83. The van der Waals surface area contributed by atoms with Crippen LogP contribution < -0.4 is 10.1 Å². The molecule has 0 saturated heterocycles. The number of hydrogen-bond donors (Lipinski definition) is 2. The fraction of sp³-hybridized carbons (Fsp3) is 0.267. The van der Waals surface area contributed by atoms with Gasteiger partial charge in [-0.2, -0.15) is 0 Å². The fourth-order valence-electron chi connectivity index (χ4n) is 1.86. The average Bonchev–Trinajstić information content (AvgIpc) is 2.41. The van der Waals surface area contributed by atoms with Gasteiger partial charge in [0.1, 0.15) is 0 Å². The molecule has 0 saturated carbocycles. The third-order valence-electron chi connectivity index (χ3n) is 2.83. The first-order valence-corrected chi connectivity index (χ1v) is 6.18. The molecule has 19 heavy (non-hydrogen) atoms. The summed E-state index contributed by atoms with van der Waals surface area (Å²) in [4.78, 5) is 4.43. The maximum atomic E-state index is 9.51. The van der Waals surface area contributed by atoms with E-state index in [0.29, 0.717) is 18.8 Å². The van der Waals surface area contributed by atoms with Crippen molar-refractivity contribution in [3.63, 3.8) is 0 Å². The zero-order chi connectivity index (χ0) is 13.7. The molecule has 2 aromatic rings. The van der Waals surface area contributed by atoms with E-state index in [9.17, 15) is 5.11 Å². The second-order valence-electron chi connectivity index (χ2n) is 4.38. The lowest BCUT2D eigenvalue weighted by Gasteiger charge is -2.08. The molecule has 1 heterocycles. The molecule has 0 aliphatic carbocycles. The van der Waals surface area contributed by atoms with E-state index in [-0.39, 0.29) is 5.75 Å². The first kappa shape index (κ1) is 13.4. The molecular weight excluding hydrogens is 240 g/mol. The minimum absolute atomic E-state index is 0.159. The molecule has 0 atom stereocenters. The molecule has 0 bridgehead atoms. The number of nitrogens with zero attached hydrogens (tertiary/aromatic N) is 1. The number of nitrogens with one attached hydrogen (secondary N) is 1. The normalized spacial score (nSPS) is 10.4. The number of ether oxygens (including phenoxy) is 1. The molecule has 0 radical (unpaired) electrons. The van der Waals surface area contributed by atoms with E-state index in [2.05, 4.69) is 10.3 Å². The Kier molecular flexibility index (Phi) is 4.36. The topological polar surface area (TPSA) is 54.4 Å². The van der Waals surface area contributed by atoms with Gasteiger partial charge in [-0.05, 0) is 36.8 Å². The maximum Gasteiger partial charge on any atom is 0.160 e. The number of phenolic OH excluding ortho intramolecular Hbond substituents is 1. The Hall–Kier alpha value is -2.07. The lowest BCUT2D eigenvalue weighted by atomic mass is 10.2. The summed E-state index contributed by atoms with van der Waals surface area (Å²) in [7, 11) is 1.54. The minimum atomic E-state index is 0.159. The second-order valence-corrected chi connectivity index (χ2v) is 4.38. The predicted molar refractivity (Wildman–Crippen MR) is 74.2 cm³/mol. The monoisotopic (exact) mass is 258 g/mol. The molecular formula is C15H18N2O2. The second kappa shape index (κ2) is 6.20. The van der Waals surface area contributed by atoms with Crippen LogP contribution >= 0.6 is 0 Å². The van der Waals surface area contributed by atoms with Crippen LogP contribution in [0.1, 0.15) is 17.0 Å². The molecule has 4 heteroatoms. The average molecular weight is 258 g/mol. The van der Waals surface area contributed by atoms with Crippen molar-refractivity contribution < 1.29 is 9.84 Å². The van der Waals surface area contributed by atoms with Crippen LogP contribution in [-0.4, -0.2) is 17.2 Å². The Labute approximate surface area is 113 Å². The van der Waals surface area contributed by atoms with E-state index in [0.717, 1.165) is 17.0 Å². The van der Waals surface area contributed by atoms with Crippen molar-refractivity contribution >= 4 is 0 Å². The Morgan fingerprint density at radius 1 is 1.21 bits per heavy atom. The van der Waals surface area contributed by atoms with Gasteiger partial charge in [-0.15, -0.1) is 0 Å². The molecule has 0 unspecified atom stereocenters. The van der Waals surface area contributed by atoms with Gasteiger partial charge in [0.25, 0.3) is 0 Å². The first-order valence-electron chi connectivity index (χ1n) is 6.18. The van der Waals surface area contributed by atoms with Crippen molar-refractivity contribution in [3.8, 4) is 11.5 Å². The van der Waals surface area contributed by atoms with Gasteiger partial charge in [0.05, 0.1) is 12.8 Å². The smallest absolute Gasteiger partial charge is 0.160 e. The maximum absolute atomic E-state index is 9.51. The highest BCUT2D eigenvalue weighted by atomic mass is 16.5. The number of aromatic nitrogens is 1. The lowest BCUT2D eigenvalue weighted by Crippen LogP contribution is -2.13. The van der Waals surface area contributed by atoms with Crippen molar-refractivity contribution in [2.75, 3.05) is 7.11 Å². The summed E-state index contributed by atoms with van der Waals surface area (Å²) < 4.78 is 5.08. The van der Waals surface area contributed by atoms with Gasteiger partial charge >= 0.3 is 0 Å².